The fourth-order valence-corrected chi connectivity index (χ4v) is 1.64. The van der Waals surface area contributed by atoms with Crippen molar-refractivity contribution in [2.75, 3.05) is 12.4 Å². The zero-order chi connectivity index (χ0) is 11.4. The Morgan fingerprint density at radius 3 is 2.33 bits per heavy atom. The number of anilines is 1. The van der Waals surface area contributed by atoms with E-state index in [1.165, 1.54) is 16.8 Å². The van der Waals surface area contributed by atoms with Crippen molar-refractivity contribution in [2.24, 2.45) is 0 Å². The van der Waals surface area contributed by atoms with Crippen molar-refractivity contribution >= 4 is 5.69 Å². The van der Waals surface area contributed by atoms with Gasteiger partial charge in [-0.25, -0.2) is 0 Å². The first kappa shape index (κ1) is 12.1. The first-order valence-electron chi connectivity index (χ1n) is 5.59. The summed E-state index contributed by atoms with van der Waals surface area (Å²) in [5, 5.41) is 6.76. The molecule has 0 aliphatic heterocycles. The minimum absolute atomic E-state index is 0.381. The normalized spacial score (nSPS) is 12.9. The Bertz CT molecular complexity index is 318. The lowest BCUT2D eigenvalue weighted by Crippen LogP contribution is -2.17. The van der Waals surface area contributed by atoms with Gasteiger partial charge in [0.05, 0.1) is 0 Å². The van der Waals surface area contributed by atoms with E-state index < -0.39 is 0 Å². The molecule has 1 aromatic rings. The molecule has 1 aromatic carbocycles. The molecule has 84 valence electrons. The maximum absolute atomic E-state index is 3.49. The molecule has 1 rings (SSSR count). The lowest BCUT2D eigenvalue weighted by atomic mass is 10.0. The van der Waals surface area contributed by atoms with E-state index in [-0.39, 0.29) is 0 Å². The van der Waals surface area contributed by atoms with Crippen LogP contribution in [-0.4, -0.2) is 13.1 Å². The van der Waals surface area contributed by atoms with Crippen LogP contribution < -0.4 is 10.6 Å². The molecule has 0 heterocycles. The standard InChI is InChI=1S/C13H22N2/c1-9(2)15-13-8-10(3)6-7-12(13)11(4)14-5/h6-9,11,14-15H,1-5H3/t11-/m0/s1. The van der Waals surface area contributed by atoms with Gasteiger partial charge in [0.1, 0.15) is 0 Å². The van der Waals surface area contributed by atoms with Crippen molar-refractivity contribution in [3.8, 4) is 0 Å². The molecule has 0 fully saturated rings. The van der Waals surface area contributed by atoms with Crippen LogP contribution in [0.1, 0.15) is 37.9 Å². The Balaban J connectivity index is 3.02. The lowest BCUT2D eigenvalue weighted by Gasteiger charge is -2.19. The van der Waals surface area contributed by atoms with Crippen molar-refractivity contribution < 1.29 is 0 Å². The number of hydrogen-bond donors (Lipinski definition) is 2. The van der Waals surface area contributed by atoms with Gasteiger partial charge in [-0.15, -0.1) is 0 Å². The van der Waals surface area contributed by atoms with Crippen LogP contribution in [0.3, 0.4) is 0 Å². The molecule has 0 aliphatic carbocycles. The maximum atomic E-state index is 3.49. The summed E-state index contributed by atoms with van der Waals surface area (Å²) in [6.07, 6.45) is 0. The highest BCUT2D eigenvalue weighted by Gasteiger charge is 2.09. The summed E-state index contributed by atoms with van der Waals surface area (Å²) in [5.74, 6) is 0. The monoisotopic (exact) mass is 206 g/mol. The van der Waals surface area contributed by atoms with E-state index in [0.717, 1.165) is 0 Å². The number of benzene rings is 1. The Labute approximate surface area is 93.1 Å². The van der Waals surface area contributed by atoms with Crippen molar-refractivity contribution in [1.29, 1.82) is 0 Å². The maximum Gasteiger partial charge on any atom is 0.0393 e. The summed E-state index contributed by atoms with van der Waals surface area (Å²) < 4.78 is 0. The minimum atomic E-state index is 0.381. The third-order valence-electron chi connectivity index (χ3n) is 2.55. The van der Waals surface area contributed by atoms with Crippen LogP contribution in [0.15, 0.2) is 18.2 Å². The molecule has 2 nitrogen and oxygen atoms in total. The van der Waals surface area contributed by atoms with Gasteiger partial charge in [0.15, 0.2) is 0 Å². The summed E-state index contributed by atoms with van der Waals surface area (Å²) in [4.78, 5) is 0. The van der Waals surface area contributed by atoms with E-state index in [0.29, 0.717) is 12.1 Å². The van der Waals surface area contributed by atoms with Crippen molar-refractivity contribution in [1.82, 2.24) is 5.32 Å². The molecule has 0 unspecified atom stereocenters. The van der Waals surface area contributed by atoms with E-state index >= 15 is 0 Å². The highest BCUT2D eigenvalue weighted by atomic mass is 14.9. The molecule has 0 spiro atoms. The molecule has 1 atom stereocenters. The molecule has 0 aromatic heterocycles. The van der Waals surface area contributed by atoms with E-state index in [2.05, 4.69) is 56.5 Å². The van der Waals surface area contributed by atoms with Crippen molar-refractivity contribution in [3.05, 3.63) is 29.3 Å². The van der Waals surface area contributed by atoms with Gasteiger partial charge in [-0.3, -0.25) is 0 Å². The Kier molecular flexibility index (Phi) is 4.15. The topological polar surface area (TPSA) is 24.1 Å². The molecule has 0 amide bonds. The van der Waals surface area contributed by atoms with E-state index in [1.54, 1.807) is 0 Å². The smallest absolute Gasteiger partial charge is 0.0393 e. The van der Waals surface area contributed by atoms with Gasteiger partial charge in [-0.2, -0.15) is 0 Å². The van der Waals surface area contributed by atoms with Gasteiger partial charge >= 0.3 is 0 Å². The molecule has 0 saturated carbocycles. The van der Waals surface area contributed by atoms with Crippen LogP contribution in [0.5, 0.6) is 0 Å². The summed E-state index contributed by atoms with van der Waals surface area (Å²) >= 11 is 0. The second-order valence-corrected chi connectivity index (χ2v) is 4.40. The van der Waals surface area contributed by atoms with Crippen LogP contribution >= 0.6 is 0 Å². The Hall–Kier alpha value is -1.02. The van der Waals surface area contributed by atoms with Crippen molar-refractivity contribution in [3.63, 3.8) is 0 Å². The fraction of sp³-hybridized carbons (Fsp3) is 0.538. The van der Waals surface area contributed by atoms with Gasteiger partial charge in [0, 0.05) is 17.8 Å². The first-order chi connectivity index (χ1) is 7.04. The summed E-state index contributed by atoms with van der Waals surface area (Å²) in [6.45, 7) is 8.63. The molecule has 0 saturated heterocycles. The Morgan fingerprint density at radius 1 is 1.13 bits per heavy atom. The predicted octanol–water partition coefficient (Wildman–Crippen LogP) is 3.10. The first-order valence-corrected chi connectivity index (χ1v) is 5.59. The van der Waals surface area contributed by atoms with Gasteiger partial charge in [-0.05, 0) is 51.9 Å². The van der Waals surface area contributed by atoms with Gasteiger partial charge < -0.3 is 10.6 Å². The minimum Gasteiger partial charge on any atom is -0.383 e. The molecule has 0 bridgehead atoms. The third-order valence-corrected chi connectivity index (χ3v) is 2.55. The van der Waals surface area contributed by atoms with Gasteiger partial charge in [0.25, 0.3) is 0 Å². The zero-order valence-corrected chi connectivity index (χ0v) is 10.4. The van der Waals surface area contributed by atoms with Crippen LogP contribution in [0.2, 0.25) is 0 Å². The molecular weight excluding hydrogens is 184 g/mol. The third kappa shape index (κ3) is 3.24. The molecule has 0 radical (unpaired) electrons. The quantitative estimate of drug-likeness (QED) is 0.791. The average molecular weight is 206 g/mol. The van der Waals surface area contributed by atoms with Crippen molar-refractivity contribution in [2.45, 2.75) is 39.8 Å². The highest BCUT2D eigenvalue weighted by Crippen LogP contribution is 2.24. The van der Waals surface area contributed by atoms with E-state index in [4.69, 9.17) is 0 Å². The molecule has 0 aliphatic rings. The van der Waals surface area contributed by atoms with Gasteiger partial charge in [-0.1, -0.05) is 12.1 Å². The van der Waals surface area contributed by atoms with E-state index in [9.17, 15) is 0 Å². The predicted molar refractivity (Wildman–Crippen MR) is 67.4 cm³/mol. The number of rotatable bonds is 4. The lowest BCUT2D eigenvalue weighted by molar-refractivity contribution is 0.652. The average Bonchev–Trinajstić information content (AvgIpc) is 2.16. The summed E-state index contributed by atoms with van der Waals surface area (Å²) in [6, 6.07) is 7.42. The number of nitrogens with one attached hydrogen (secondary N) is 2. The van der Waals surface area contributed by atoms with Crippen LogP contribution in [0, 0.1) is 6.92 Å². The number of hydrogen-bond acceptors (Lipinski definition) is 2. The second-order valence-electron chi connectivity index (χ2n) is 4.40. The summed E-state index contributed by atoms with van der Waals surface area (Å²) in [5.41, 5.74) is 3.87. The molecule has 2 N–H and O–H groups in total. The summed E-state index contributed by atoms with van der Waals surface area (Å²) in [7, 11) is 1.99. The van der Waals surface area contributed by atoms with E-state index in [1.807, 2.05) is 7.05 Å². The zero-order valence-electron chi connectivity index (χ0n) is 10.4. The highest BCUT2D eigenvalue weighted by molar-refractivity contribution is 5.54. The molecule has 2 heteroatoms. The molecule has 15 heavy (non-hydrogen) atoms. The number of aryl methyl sites for hydroxylation is 1. The fourth-order valence-electron chi connectivity index (χ4n) is 1.64. The molecular formula is C13H22N2. The Morgan fingerprint density at radius 2 is 1.80 bits per heavy atom. The van der Waals surface area contributed by atoms with Crippen LogP contribution in [0.25, 0.3) is 0 Å². The SMILES string of the molecule is CN[C@@H](C)c1ccc(C)cc1NC(C)C. The van der Waals surface area contributed by atoms with Crippen LogP contribution in [0.4, 0.5) is 5.69 Å². The largest absolute Gasteiger partial charge is 0.383 e. The van der Waals surface area contributed by atoms with Crippen LogP contribution in [-0.2, 0) is 0 Å². The van der Waals surface area contributed by atoms with Gasteiger partial charge in [0.2, 0.25) is 0 Å². The second kappa shape index (κ2) is 5.17.